The molecule has 3 rings (SSSR count). The van der Waals surface area contributed by atoms with Gasteiger partial charge in [-0.15, -0.1) is 0 Å². The third kappa shape index (κ3) is 4.29. The first-order valence-electron chi connectivity index (χ1n) is 7.75. The van der Waals surface area contributed by atoms with E-state index in [1.165, 1.54) is 36.4 Å². The molecule has 0 amide bonds. The van der Waals surface area contributed by atoms with E-state index in [4.69, 9.17) is 0 Å². The highest BCUT2D eigenvalue weighted by atomic mass is 19.1. The molecule has 128 valence electrons. The van der Waals surface area contributed by atoms with E-state index in [2.05, 4.69) is 0 Å². The molecule has 0 saturated carbocycles. The lowest BCUT2D eigenvalue weighted by Gasteiger charge is -2.20. The van der Waals surface area contributed by atoms with E-state index in [0.717, 1.165) is 0 Å². The number of carbonyl (C=O) groups is 2. The molecule has 0 radical (unpaired) electrons. The van der Waals surface area contributed by atoms with Gasteiger partial charge in [0.25, 0.3) is 0 Å². The second kappa shape index (κ2) is 7.25. The van der Waals surface area contributed by atoms with Crippen LogP contribution < -0.4 is 0 Å². The summed E-state index contributed by atoms with van der Waals surface area (Å²) in [5.41, 5.74) is 0.616. The largest absolute Gasteiger partial charge is 0.351 e. The number of Topliss-reactive ketones (excluding diaryl/α,β-unsaturated/α-hetero) is 2. The van der Waals surface area contributed by atoms with Crippen molar-refractivity contribution >= 4 is 11.6 Å². The summed E-state index contributed by atoms with van der Waals surface area (Å²) in [5, 5.41) is 0. The van der Waals surface area contributed by atoms with Gasteiger partial charge in [-0.1, -0.05) is 24.3 Å². The quantitative estimate of drug-likeness (QED) is 0.757. The number of carbonyl (C=O) groups excluding carboxylic acids is 2. The summed E-state index contributed by atoms with van der Waals surface area (Å²) in [6, 6.07) is 11.1. The lowest BCUT2D eigenvalue weighted by atomic mass is 10.1. The van der Waals surface area contributed by atoms with E-state index >= 15 is 0 Å². The molecule has 0 aromatic heterocycles. The predicted molar refractivity (Wildman–Crippen MR) is 88.9 cm³/mol. The zero-order chi connectivity index (χ0) is 17.8. The first kappa shape index (κ1) is 16.8. The summed E-state index contributed by atoms with van der Waals surface area (Å²) in [4.78, 5) is 27.8. The summed E-state index contributed by atoms with van der Waals surface area (Å²) in [5.74, 6) is -1.32. The molecule has 0 unspecified atom stereocenters. The molecule has 6 heteroatoms. The average molecular weight is 342 g/mol. The Kier molecular flexibility index (Phi) is 4.88. The van der Waals surface area contributed by atoms with Crippen LogP contribution in [0.2, 0.25) is 0 Å². The van der Waals surface area contributed by atoms with Crippen molar-refractivity contribution in [3.8, 4) is 0 Å². The Morgan fingerprint density at radius 2 is 1.24 bits per heavy atom. The van der Waals surface area contributed by atoms with Crippen LogP contribution in [0, 0.1) is 11.6 Å². The molecule has 4 nitrogen and oxygen atoms in total. The maximum Gasteiger partial charge on any atom is 0.182 e. The van der Waals surface area contributed by atoms with Crippen LogP contribution in [0.25, 0.3) is 0 Å². The SMILES string of the molecule is O=C(CN1C=CN(CC(=O)c2cccc(F)c2)C1)c1cccc(F)c1. The van der Waals surface area contributed by atoms with Crippen LogP contribution >= 0.6 is 0 Å². The number of rotatable bonds is 6. The first-order chi connectivity index (χ1) is 12.0. The molecule has 0 bridgehead atoms. The number of benzene rings is 2. The van der Waals surface area contributed by atoms with Crippen molar-refractivity contribution in [1.29, 1.82) is 0 Å². The fourth-order valence-electron chi connectivity index (χ4n) is 2.60. The number of nitrogens with zero attached hydrogens (tertiary/aromatic N) is 2. The third-order valence-electron chi connectivity index (χ3n) is 3.84. The second-order valence-corrected chi connectivity index (χ2v) is 5.80. The van der Waals surface area contributed by atoms with Gasteiger partial charge in [-0.05, 0) is 24.3 Å². The maximum absolute atomic E-state index is 13.2. The highest BCUT2D eigenvalue weighted by molar-refractivity contribution is 5.98. The second-order valence-electron chi connectivity index (χ2n) is 5.80. The van der Waals surface area contributed by atoms with Crippen molar-refractivity contribution in [2.24, 2.45) is 0 Å². The number of hydrogen-bond donors (Lipinski definition) is 0. The molecule has 0 spiro atoms. The number of hydrogen-bond acceptors (Lipinski definition) is 4. The molecule has 0 saturated heterocycles. The third-order valence-corrected chi connectivity index (χ3v) is 3.84. The molecule has 1 heterocycles. The predicted octanol–water partition coefficient (Wildman–Crippen LogP) is 3.08. The van der Waals surface area contributed by atoms with Gasteiger partial charge in [0.2, 0.25) is 0 Å². The highest BCUT2D eigenvalue weighted by Crippen LogP contribution is 2.12. The lowest BCUT2D eigenvalue weighted by molar-refractivity contribution is 0.0920. The molecule has 2 aromatic carbocycles. The van der Waals surface area contributed by atoms with Crippen LogP contribution in [0.1, 0.15) is 20.7 Å². The topological polar surface area (TPSA) is 40.6 Å². The zero-order valence-corrected chi connectivity index (χ0v) is 13.4. The molecular weight excluding hydrogens is 326 g/mol. The smallest absolute Gasteiger partial charge is 0.182 e. The van der Waals surface area contributed by atoms with E-state index in [1.807, 2.05) is 0 Å². The Morgan fingerprint density at radius 3 is 1.64 bits per heavy atom. The van der Waals surface area contributed by atoms with Crippen LogP contribution in [-0.2, 0) is 0 Å². The van der Waals surface area contributed by atoms with Gasteiger partial charge in [-0.25, -0.2) is 8.78 Å². The minimum Gasteiger partial charge on any atom is -0.351 e. The molecule has 0 aliphatic carbocycles. The van der Waals surface area contributed by atoms with Gasteiger partial charge in [-0.2, -0.15) is 0 Å². The average Bonchev–Trinajstić information content (AvgIpc) is 3.01. The minimum absolute atomic E-state index is 0.0879. The van der Waals surface area contributed by atoms with Crippen molar-refractivity contribution in [2.45, 2.75) is 0 Å². The summed E-state index contributed by atoms with van der Waals surface area (Å²) >= 11 is 0. The van der Waals surface area contributed by atoms with Crippen molar-refractivity contribution < 1.29 is 18.4 Å². The lowest BCUT2D eigenvalue weighted by Crippen LogP contribution is -2.32. The van der Waals surface area contributed by atoms with Crippen LogP contribution in [-0.4, -0.2) is 41.1 Å². The number of ketones is 2. The van der Waals surface area contributed by atoms with E-state index in [0.29, 0.717) is 17.8 Å². The minimum atomic E-state index is -0.454. The molecule has 1 aliphatic rings. The van der Waals surface area contributed by atoms with Crippen LogP contribution in [0.15, 0.2) is 60.9 Å². The fraction of sp³-hybridized carbons (Fsp3) is 0.158. The molecule has 0 N–H and O–H groups in total. The van der Waals surface area contributed by atoms with Gasteiger partial charge in [0, 0.05) is 23.5 Å². The Labute approximate surface area is 144 Å². The Balaban J connectivity index is 1.54. The Morgan fingerprint density at radius 1 is 0.800 bits per heavy atom. The maximum atomic E-state index is 13.2. The molecule has 1 aliphatic heterocycles. The van der Waals surface area contributed by atoms with E-state index in [-0.39, 0.29) is 24.7 Å². The van der Waals surface area contributed by atoms with Crippen molar-refractivity contribution in [1.82, 2.24) is 9.80 Å². The van der Waals surface area contributed by atoms with Crippen molar-refractivity contribution in [3.05, 3.63) is 83.7 Å². The van der Waals surface area contributed by atoms with E-state index < -0.39 is 11.6 Å². The molecular formula is C19H16F2N2O2. The van der Waals surface area contributed by atoms with Gasteiger partial charge in [0.1, 0.15) is 11.6 Å². The number of halogens is 2. The summed E-state index contributed by atoms with van der Waals surface area (Å²) in [6.07, 6.45) is 3.41. The van der Waals surface area contributed by atoms with Gasteiger partial charge in [0.15, 0.2) is 11.6 Å². The first-order valence-corrected chi connectivity index (χ1v) is 7.75. The monoisotopic (exact) mass is 342 g/mol. The Hall–Kier alpha value is -3.02. The van der Waals surface area contributed by atoms with Gasteiger partial charge in [-0.3, -0.25) is 9.59 Å². The van der Waals surface area contributed by atoms with Gasteiger partial charge in [0.05, 0.1) is 19.8 Å². The summed E-state index contributed by atoms with van der Waals surface area (Å²) < 4.78 is 26.4. The van der Waals surface area contributed by atoms with Crippen LogP contribution in [0.3, 0.4) is 0 Å². The summed E-state index contributed by atoms with van der Waals surface area (Å²) in [7, 11) is 0. The van der Waals surface area contributed by atoms with E-state index in [1.54, 1.807) is 34.3 Å². The van der Waals surface area contributed by atoms with Crippen LogP contribution in [0.5, 0.6) is 0 Å². The fourth-order valence-corrected chi connectivity index (χ4v) is 2.60. The van der Waals surface area contributed by atoms with Crippen molar-refractivity contribution in [2.75, 3.05) is 19.8 Å². The molecule has 0 fully saturated rings. The van der Waals surface area contributed by atoms with Gasteiger partial charge >= 0.3 is 0 Å². The Bertz CT molecular complexity index is 768. The van der Waals surface area contributed by atoms with Crippen LogP contribution in [0.4, 0.5) is 8.78 Å². The van der Waals surface area contributed by atoms with E-state index in [9.17, 15) is 18.4 Å². The van der Waals surface area contributed by atoms with Crippen molar-refractivity contribution in [3.63, 3.8) is 0 Å². The standard InChI is InChI=1S/C19H16F2N2O2/c20-16-5-1-3-14(9-16)18(24)11-22-7-8-23(13-22)12-19(25)15-4-2-6-17(21)10-15/h1-10H,11-13H2. The molecule has 25 heavy (non-hydrogen) atoms. The molecule has 0 atom stereocenters. The normalized spacial score (nSPS) is 13.4. The van der Waals surface area contributed by atoms with Gasteiger partial charge < -0.3 is 9.80 Å². The zero-order valence-electron chi connectivity index (χ0n) is 13.4. The highest BCUT2D eigenvalue weighted by Gasteiger charge is 2.19. The molecule has 2 aromatic rings. The summed E-state index contributed by atoms with van der Waals surface area (Å²) in [6.45, 7) is 0.539.